The Labute approximate surface area is 205 Å². The lowest BCUT2D eigenvalue weighted by atomic mass is 9.85. The Morgan fingerprint density at radius 3 is 2.31 bits per heavy atom. The lowest BCUT2D eigenvalue weighted by Crippen LogP contribution is -2.60. The standard InChI is InChI=1S/C23H38N6O6/c1-6-9-14(17(31)20(33)25-11-7-2)27-19(32)15-10-8-12-29(15)21(34)18(23(3,4)5)28-22(35)26-13-16(24)30/h7,14-15,18H,2,6,8-13H2,1,3-5H3,(H2,24,30)(H,25,33)(H,27,32)(H2,26,28,35). The first-order valence-electron chi connectivity index (χ1n) is 11.7. The minimum atomic E-state index is -1.02. The molecule has 6 amide bonds. The van der Waals surface area contributed by atoms with Gasteiger partial charge >= 0.3 is 6.03 Å². The number of hydrogen-bond donors (Lipinski definition) is 5. The van der Waals surface area contributed by atoms with Crippen LogP contribution in [0.25, 0.3) is 0 Å². The fourth-order valence-corrected chi connectivity index (χ4v) is 3.70. The summed E-state index contributed by atoms with van der Waals surface area (Å²) < 4.78 is 0. The lowest BCUT2D eigenvalue weighted by Gasteiger charge is -2.35. The van der Waals surface area contributed by atoms with E-state index in [2.05, 4.69) is 27.8 Å². The SMILES string of the molecule is C=CCNC(=O)C(=O)C(CCC)NC(=O)C1CCCN1C(=O)C(NC(=O)NCC(N)=O)C(C)(C)C. The second-order valence-electron chi connectivity index (χ2n) is 9.49. The van der Waals surface area contributed by atoms with Crippen molar-refractivity contribution in [3.63, 3.8) is 0 Å². The molecule has 196 valence electrons. The molecule has 0 radical (unpaired) electrons. The minimum Gasteiger partial charge on any atom is -0.368 e. The first kappa shape index (κ1) is 29.6. The summed E-state index contributed by atoms with van der Waals surface area (Å²) >= 11 is 0. The maximum atomic E-state index is 13.4. The Hall–Kier alpha value is -3.44. The zero-order valence-electron chi connectivity index (χ0n) is 20.9. The van der Waals surface area contributed by atoms with E-state index in [1.165, 1.54) is 11.0 Å². The van der Waals surface area contributed by atoms with Gasteiger partial charge < -0.3 is 31.9 Å². The highest BCUT2D eigenvalue weighted by molar-refractivity contribution is 6.38. The highest BCUT2D eigenvalue weighted by Gasteiger charge is 2.42. The van der Waals surface area contributed by atoms with Gasteiger partial charge in [-0.3, -0.25) is 24.0 Å². The van der Waals surface area contributed by atoms with E-state index < -0.39 is 65.5 Å². The van der Waals surface area contributed by atoms with Gasteiger partial charge in [-0.1, -0.05) is 40.2 Å². The summed E-state index contributed by atoms with van der Waals surface area (Å²) in [6, 6.07) is -3.62. The molecule has 3 atom stereocenters. The normalized spacial score (nSPS) is 17.0. The van der Waals surface area contributed by atoms with Crippen LogP contribution in [0.1, 0.15) is 53.4 Å². The molecule has 1 saturated heterocycles. The molecule has 0 aromatic carbocycles. The molecule has 6 N–H and O–H groups in total. The van der Waals surface area contributed by atoms with Crippen LogP contribution in [0.4, 0.5) is 4.79 Å². The van der Waals surface area contributed by atoms with Gasteiger partial charge in [-0.25, -0.2) is 4.79 Å². The smallest absolute Gasteiger partial charge is 0.315 e. The van der Waals surface area contributed by atoms with Gasteiger partial charge in [0.25, 0.3) is 5.91 Å². The molecule has 0 aromatic rings. The van der Waals surface area contributed by atoms with E-state index in [-0.39, 0.29) is 13.0 Å². The Morgan fingerprint density at radius 2 is 1.77 bits per heavy atom. The van der Waals surface area contributed by atoms with Gasteiger partial charge in [-0.15, -0.1) is 6.58 Å². The number of likely N-dealkylation sites (tertiary alicyclic amines) is 1. The molecule has 0 saturated carbocycles. The molecule has 1 heterocycles. The number of Topliss-reactive ketones (excluding diaryl/α,β-unsaturated/α-hetero) is 1. The summed E-state index contributed by atoms with van der Waals surface area (Å²) in [4.78, 5) is 75.7. The van der Waals surface area contributed by atoms with Gasteiger partial charge in [0, 0.05) is 13.1 Å². The number of carbonyl (C=O) groups excluding carboxylic acids is 6. The Morgan fingerprint density at radius 1 is 1.11 bits per heavy atom. The zero-order valence-corrected chi connectivity index (χ0v) is 20.9. The van der Waals surface area contributed by atoms with Crippen LogP contribution >= 0.6 is 0 Å². The van der Waals surface area contributed by atoms with Crippen molar-refractivity contribution in [1.29, 1.82) is 0 Å². The van der Waals surface area contributed by atoms with Crippen molar-refractivity contribution in [3.05, 3.63) is 12.7 Å². The molecule has 1 fully saturated rings. The summed E-state index contributed by atoms with van der Waals surface area (Å²) in [7, 11) is 0. The summed E-state index contributed by atoms with van der Waals surface area (Å²) in [5.41, 5.74) is 4.33. The van der Waals surface area contributed by atoms with Crippen LogP contribution in [0.5, 0.6) is 0 Å². The molecule has 35 heavy (non-hydrogen) atoms. The van der Waals surface area contributed by atoms with Crippen molar-refractivity contribution >= 4 is 35.4 Å². The molecular weight excluding hydrogens is 456 g/mol. The minimum absolute atomic E-state index is 0.122. The first-order chi connectivity index (χ1) is 16.3. The second kappa shape index (κ2) is 13.4. The van der Waals surface area contributed by atoms with Gasteiger partial charge in [0.15, 0.2) is 0 Å². The topological polar surface area (TPSA) is 180 Å². The average Bonchev–Trinajstić information content (AvgIpc) is 3.27. The highest BCUT2D eigenvalue weighted by Crippen LogP contribution is 2.26. The molecule has 0 aromatic heterocycles. The number of hydrogen-bond acceptors (Lipinski definition) is 6. The monoisotopic (exact) mass is 494 g/mol. The fourth-order valence-electron chi connectivity index (χ4n) is 3.70. The van der Waals surface area contributed by atoms with Crippen molar-refractivity contribution in [2.75, 3.05) is 19.6 Å². The van der Waals surface area contributed by atoms with E-state index in [0.29, 0.717) is 25.8 Å². The number of primary amides is 1. The van der Waals surface area contributed by atoms with Crippen LogP contribution in [0, 0.1) is 5.41 Å². The van der Waals surface area contributed by atoms with Gasteiger partial charge in [0.05, 0.1) is 12.6 Å². The van der Waals surface area contributed by atoms with Crippen molar-refractivity contribution in [2.45, 2.75) is 71.5 Å². The van der Waals surface area contributed by atoms with Crippen LogP contribution in [0.2, 0.25) is 0 Å². The molecule has 0 bridgehead atoms. The molecular formula is C23H38N6O6. The first-order valence-corrected chi connectivity index (χ1v) is 11.7. The maximum Gasteiger partial charge on any atom is 0.315 e. The maximum absolute atomic E-state index is 13.4. The zero-order chi connectivity index (χ0) is 26.8. The summed E-state index contributed by atoms with van der Waals surface area (Å²) in [6.07, 6.45) is 3.18. The summed E-state index contributed by atoms with van der Waals surface area (Å²) in [5, 5.41) is 9.90. The van der Waals surface area contributed by atoms with Crippen LogP contribution in [0.15, 0.2) is 12.7 Å². The number of carbonyl (C=O) groups is 6. The number of nitrogens with zero attached hydrogens (tertiary/aromatic N) is 1. The Bertz CT molecular complexity index is 837. The Kier molecular flexibility index (Phi) is 11.4. The van der Waals surface area contributed by atoms with Crippen molar-refractivity contribution in [3.8, 4) is 0 Å². The molecule has 12 nitrogen and oxygen atoms in total. The van der Waals surface area contributed by atoms with Gasteiger partial charge in [-0.2, -0.15) is 0 Å². The molecule has 1 aliphatic rings. The molecule has 1 aliphatic heterocycles. The number of amides is 6. The average molecular weight is 495 g/mol. The third-order valence-corrected chi connectivity index (χ3v) is 5.49. The van der Waals surface area contributed by atoms with Gasteiger partial charge in [0.2, 0.25) is 23.5 Å². The molecule has 3 unspecified atom stereocenters. The number of nitrogens with one attached hydrogen (secondary N) is 4. The number of rotatable bonds is 12. The molecule has 0 spiro atoms. The van der Waals surface area contributed by atoms with Gasteiger partial charge in [-0.05, 0) is 24.7 Å². The second-order valence-corrected chi connectivity index (χ2v) is 9.49. The van der Waals surface area contributed by atoms with Crippen molar-refractivity contribution in [2.24, 2.45) is 11.1 Å². The van der Waals surface area contributed by atoms with E-state index in [1.807, 2.05) is 6.92 Å². The van der Waals surface area contributed by atoms with E-state index in [9.17, 15) is 28.8 Å². The van der Waals surface area contributed by atoms with E-state index in [1.54, 1.807) is 20.8 Å². The molecule has 1 rings (SSSR count). The van der Waals surface area contributed by atoms with Gasteiger partial charge in [0.1, 0.15) is 12.1 Å². The highest BCUT2D eigenvalue weighted by atomic mass is 16.2. The van der Waals surface area contributed by atoms with Crippen LogP contribution < -0.4 is 27.0 Å². The summed E-state index contributed by atoms with van der Waals surface area (Å²) in [5.74, 6) is -3.32. The third-order valence-electron chi connectivity index (χ3n) is 5.49. The van der Waals surface area contributed by atoms with Crippen molar-refractivity contribution < 1.29 is 28.8 Å². The fraction of sp³-hybridized carbons (Fsp3) is 0.652. The van der Waals surface area contributed by atoms with Crippen molar-refractivity contribution in [1.82, 2.24) is 26.2 Å². The quantitative estimate of drug-likeness (QED) is 0.177. The van der Waals surface area contributed by atoms with Crippen LogP contribution in [0.3, 0.4) is 0 Å². The van der Waals surface area contributed by atoms with E-state index in [4.69, 9.17) is 5.73 Å². The Balaban J connectivity index is 2.99. The number of ketones is 1. The molecule has 12 heteroatoms. The molecule has 0 aliphatic carbocycles. The number of urea groups is 1. The number of nitrogens with two attached hydrogens (primary N) is 1. The predicted octanol–water partition coefficient (Wildman–Crippen LogP) is -0.667. The lowest BCUT2D eigenvalue weighted by molar-refractivity contribution is -0.143. The largest absolute Gasteiger partial charge is 0.368 e. The van der Waals surface area contributed by atoms with E-state index in [0.717, 1.165) is 0 Å². The van der Waals surface area contributed by atoms with Crippen LogP contribution in [-0.2, 0) is 24.0 Å². The van der Waals surface area contributed by atoms with Crippen LogP contribution in [-0.4, -0.2) is 78.1 Å². The summed E-state index contributed by atoms with van der Waals surface area (Å²) in [6.45, 7) is 10.6. The third kappa shape index (κ3) is 9.02. The predicted molar refractivity (Wildman–Crippen MR) is 129 cm³/mol. The van der Waals surface area contributed by atoms with E-state index >= 15 is 0 Å².